The highest BCUT2D eigenvalue weighted by atomic mass is 35.5. The first-order chi connectivity index (χ1) is 8.35. The van der Waals surface area contributed by atoms with Gasteiger partial charge in [-0.05, 0) is 61.9 Å². The smallest absolute Gasteiger partial charge is 0.119 e. The van der Waals surface area contributed by atoms with Crippen molar-refractivity contribution < 1.29 is 4.74 Å². The maximum absolute atomic E-state index is 6.12. The molecule has 0 atom stereocenters. The average molecular weight is 270 g/mol. The number of ether oxygens (including phenoxy) is 1. The van der Waals surface area contributed by atoms with E-state index in [0.29, 0.717) is 6.54 Å². The van der Waals surface area contributed by atoms with Crippen molar-refractivity contribution in [2.24, 2.45) is 11.1 Å². The Bertz CT molecular complexity index is 378. The molecule has 0 bridgehead atoms. The van der Waals surface area contributed by atoms with Crippen LogP contribution in [0.15, 0.2) is 12.1 Å². The van der Waals surface area contributed by atoms with Crippen molar-refractivity contribution in [2.45, 2.75) is 40.5 Å². The van der Waals surface area contributed by atoms with Gasteiger partial charge in [0.15, 0.2) is 0 Å². The first-order valence-corrected chi connectivity index (χ1v) is 6.83. The fourth-order valence-corrected chi connectivity index (χ4v) is 1.94. The SMILES string of the molecule is Cc1cc(OCCCC(C)(C)CN)cc(C)c1Cl. The van der Waals surface area contributed by atoms with Gasteiger partial charge >= 0.3 is 0 Å². The Labute approximate surface area is 115 Å². The first-order valence-electron chi connectivity index (χ1n) is 6.45. The highest BCUT2D eigenvalue weighted by Crippen LogP contribution is 2.26. The Morgan fingerprint density at radius 1 is 1.22 bits per heavy atom. The zero-order valence-corrected chi connectivity index (χ0v) is 12.6. The molecule has 1 aromatic carbocycles. The van der Waals surface area contributed by atoms with E-state index in [1.54, 1.807) is 0 Å². The van der Waals surface area contributed by atoms with Crippen molar-refractivity contribution >= 4 is 11.6 Å². The Morgan fingerprint density at radius 2 is 1.78 bits per heavy atom. The summed E-state index contributed by atoms with van der Waals surface area (Å²) in [7, 11) is 0. The van der Waals surface area contributed by atoms with Crippen LogP contribution in [0.4, 0.5) is 0 Å². The molecule has 0 aromatic heterocycles. The highest BCUT2D eigenvalue weighted by Gasteiger charge is 2.14. The molecular formula is C15H24ClNO. The predicted octanol–water partition coefficient (Wildman–Crippen LogP) is 4.10. The largest absolute Gasteiger partial charge is 0.494 e. The molecule has 3 heteroatoms. The molecule has 0 amide bonds. The fourth-order valence-electron chi connectivity index (χ4n) is 1.83. The van der Waals surface area contributed by atoms with Crippen LogP contribution in [0.25, 0.3) is 0 Å². The lowest BCUT2D eigenvalue weighted by Crippen LogP contribution is -2.23. The molecule has 0 aliphatic carbocycles. The summed E-state index contributed by atoms with van der Waals surface area (Å²) in [5.74, 6) is 0.903. The summed E-state index contributed by atoms with van der Waals surface area (Å²) in [6, 6.07) is 3.98. The molecule has 1 aromatic rings. The Hall–Kier alpha value is -0.730. The van der Waals surface area contributed by atoms with E-state index in [2.05, 4.69) is 13.8 Å². The lowest BCUT2D eigenvalue weighted by Gasteiger charge is -2.22. The van der Waals surface area contributed by atoms with E-state index in [0.717, 1.165) is 41.3 Å². The number of hydrogen-bond acceptors (Lipinski definition) is 2. The minimum atomic E-state index is 0.204. The van der Waals surface area contributed by atoms with Crippen LogP contribution < -0.4 is 10.5 Å². The maximum Gasteiger partial charge on any atom is 0.119 e. The number of rotatable bonds is 6. The molecule has 0 aliphatic rings. The van der Waals surface area contributed by atoms with E-state index in [1.807, 2.05) is 26.0 Å². The van der Waals surface area contributed by atoms with Gasteiger partial charge in [0.2, 0.25) is 0 Å². The summed E-state index contributed by atoms with van der Waals surface area (Å²) in [4.78, 5) is 0. The Kier molecular flexibility index (Phi) is 5.48. The third-order valence-corrected chi connectivity index (χ3v) is 3.83. The molecule has 0 unspecified atom stereocenters. The van der Waals surface area contributed by atoms with Crippen LogP contribution >= 0.6 is 11.6 Å². The predicted molar refractivity (Wildman–Crippen MR) is 78.5 cm³/mol. The molecule has 0 radical (unpaired) electrons. The van der Waals surface area contributed by atoms with Gasteiger partial charge in [0.05, 0.1) is 6.61 Å². The van der Waals surface area contributed by atoms with Gasteiger partial charge in [0.1, 0.15) is 5.75 Å². The van der Waals surface area contributed by atoms with Crippen molar-refractivity contribution in [3.63, 3.8) is 0 Å². The summed E-state index contributed by atoms with van der Waals surface area (Å²) in [6.45, 7) is 9.81. The molecule has 102 valence electrons. The van der Waals surface area contributed by atoms with Gasteiger partial charge < -0.3 is 10.5 Å². The van der Waals surface area contributed by atoms with Crippen LogP contribution in [-0.2, 0) is 0 Å². The molecule has 18 heavy (non-hydrogen) atoms. The Balaban J connectivity index is 2.45. The zero-order chi connectivity index (χ0) is 13.8. The number of hydrogen-bond donors (Lipinski definition) is 1. The van der Waals surface area contributed by atoms with Crippen molar-refractivity contribution in [1.29, 1.82) is 0 Å². The van der Waals surface area contributed by atoms with Gasteiger partial charge in [0.25, 0.3) is 0 Å². The van der Waals surface area contributed by atoms with Crippen molar-refractivity contribution in [3.05, 3.63) is 28.3 Å². The highest BCUT2D eigenvalue weighted by molar-refractivity contribution is 6.32. The van der Waals surface area contributed by atoms with Crippen molar-refractivity contribution in [2.75, 3.05) is 13.2 Å². The lowest BCUT2D eigenvalue weighted by atomic mass is 9.88. The van der Waals surface area contributed by atoms with Crippen molar-refractivity contribution in [3.8, 4) is 5.75 Å². The summed E-state index contributed by atoms with van der Waals surface area (Å²) in [5, 5.41) is 0.826. The normalized spacial score (nSPS) is 11.7. The molecule has 2 N–H and O–H groups in total. The average Bonchev–Trinajstić information content (AvgIpc) is 2.31. The van der Waals surface area contributed by atoms with E-state index in [-0.39, 0.29) is 5.41 Å². The molecule has 0 heterocycles. The second-order valence-corrected chi connectivity index (χ2v) is 6.07. The molecule has 0 fully saturated rings. The summed E-state index contributed by atoms with van der Waals surface area (Å²) < 4.78 is 5.76. The first kappa shape index (κ1) is 15.3. The number of halogens is 1. The van der Waals surface area contributed by atoms with E-state index in [9.17, 15) is 0 Å². The van der Waals surface area contributed by atoms with Crippen LogP contribution in [0, 0.1) is 19.3 Å². The quantitative estimate of drug-likeness (QED) is 0.789. The third-order valence-electron chi connectivity index (χ3n) is 3.23. The fraction of sp³-hybridized carbons (Fsp3) is 0.600. The van der Waals surface area contributed by atoms with Crippen LogP contribution in [0.5, 0.6) is 5.75 Å². The van der Waals surface area contributed by atoms with E-state index >= 15 is 0 Å². The van der Waals surface area contributed by atoms with Gasteiger partial charge in [-0.15, -0.1) is 0 Å². The molecular weight excluding hydrogens is 246 g/mol. The van der Waals surface area contributed by atoms with Crippen LogP contribution in [-0.4, -0.2) is 13.2 Å². The number of benzene rings is 1. The summed E-state index contributed by atoms with van der Waals surface area (Å²) >= 11 is 6.12. The number of aryl methyl sites for hydroxylation is 2. The molecule has 0 spiro atoms. The monoisotopic (exact) mass is 269 g/mol. The van der Waals surface area contributed by atoms with Gasteiger partial charge in [-0.25, -0.2) is 0 Å². The summed E-state index contributed by atoms with van der Waals surface area (Å²) in [5.41, 5.74) is 8.03. The van der Waals surface area contributed by atoms with E-state index < -0.39 is 0 Å². The van der Waals surface area contributed by atoms with Crippen LogP contribution in [0.2, 0.25) is 5.02 Å². The third kappa shape index (κ3) is 4.51. The van der Waals surface area contributed by atoms with Gasteiger partial charge in [-0.1, -0.05) is 25.4 Å². The molecule has 0 saturated carbocycles. The molecule has 1 rings (SSSR count). The van der Waals surface area contributed by atoms with Gasteiger partial charge in [-0.2, -0.15) is 0 Å². The van der Waals surface area contributed by atoms with Gasteiger partial charge in [-0.3, -0.25) is 0 Å². The van der Waals surface area contributed by atoms with Crippen LogP contribution in [0.3, 0.4) is 0 Å². The summed E-state index contributed by atoms with van der Waals surface area (Å²) in [6.07, 6.45) is 2.10. The molecule has 2 nitrogen and oxygen atoms in total. The molecule has 0 saturated heterocycles. The minimum absolute atomic E-state index is 0.204. The molecule has 0 aliphatic heterocycles. The lowest BCUT2D eigenvalue weighted by molar-refractivity contribution is 0.261. The maximum atomic E-state index is 6.12. The second kappa shape index (κ2) is 6.44. The second-order valence-electron chi connectivity index (χ2n) is 5.69. The number of nitrogens with two attached hydrogens (primary N) is 1. The van der Waals surface area contributed by atoms with Crippen LogP contribution in [0.1, 0.15) is 37.8 Å². The minimum Gasteiger partial charge on any atom is -0.494 e. The van der Waals surface area contributed by atoms with E-state index in [1.165, 1.54) is 0 Å². The topological polar surface area (TPSA) is 35.2 Å². The standard InChI is InChI=1S/C15H24ClNO/c1-11-8-13(9-12(2)14(11)16)18-7-5-6-15(3,4)10-17/h8-9H,5-7,10,17H2,1-4H3. The van der Waals surface area contributed by atoms with E-state index in [4.69, 9.17) is 22.1 Å². The zero-order valence-electron chi connectivity index (χ0n) is 11.8. The Morgan fingerprint density at radius 3 is 2.28 bits per heavy atom. The van der Waals surface area contributed by atoms with Gasteiger partial charge in [0, 0.05) is 5.02 Å². The van der Waals surface area contributed by atoms with Crippen molar-refractivity contribution in [1.82, 2.24) is 0 Å².